The Hall–Kier alpha value is -0.253. The summed E-state index contributed by atoms with van der Waals surface area (Å²) in [6, 6.07) is -0.562. The van der Waals surface area contributed by atoms with Crippen molar-refractivity contribution in [2.24, 2.45) is 0 Å². The Morgan fingerprint density at radius 3 is 2.45 bits per heavy atom. The van der Waals surface area contributed by atoms with E-state index in [4.69, 9.17) is 0 Å². The summed E-state index contributed by atoms with van der Waals surface area (Å²) in [4.78, 5) is 0. The van der Waals surface area contributed by atoms with Crippen LogP contribution in [-0.2, 0) is 0 Å². The second-order valence-electron chi connectivity index (χ2n) is 2.90. The summed E-state index contributed by atoms with van der Waals surface area (Å²) < 4.78 is 35.8. The highest BCUT2D eigenvalue weighted by Gasteiger charge is 2.37. The molecule has 0 nitrogen and oxygen atoms in total. The standard InChI is InChI=1S/C7H11F3Si/c8-11(9,10)6-7-4-2-1-3-5-7/h4H,1-3,5-6H2. The molecule has 0 unspecified atom stereocenters. The summed E-state index contributed by atoms with van der Waals surface area (Å²) in [5, 5.41) is 0. The molecule has 0 saturated carbocycles. The highest BCUT2D eigenvalue weighted by atomic mass is 28.5. The van der Waals surface area contributed by atoms with Crippen LogP contribution in [0.5, 0.6) is 0 Å². The fourth-order valence-corrected chi connectivity index (χ4v) is 2.16. The summed E-state index contributed by atoms with van der Waals surface area (Å²) in [5.74, 6) is 0. The Morgan fingerprint density at radius 1 is 1.27 bits per heavy atom. The molecule has 0 heterocycles. The predicted octanol–water partition coefficient (Wildman–Crippen LogP) is 3.33. The van der Waals surface area contributed by atoms with Crippen LogP contribution in [0.3, 0.4) is 0 Å². The third-order valence-electron chi connectivity index (χ3n) is 1.81. The second kappa shape index (κ2) is 3.43. The summed E-state index contributed by atoms with van der Waals surface area (Å²) in [6.07, 6.45) is 5.29. The van der Waals surface area contributed by atoms with Crippen LogP contribution >= 0.6 is 0 Å². The normalized spacial score (nSPS) is 19.7. The van der Waals surface area contributed by atoms with E-state index in [1.165, 1.54) is 0 Å². The van der Waals surface area contributed by atoms with E-state index in [2.05, 4.69) is 0 Å². The molecule has 0 aromatic rings. The first-order chi connectivity index (χ1) is 5.08. The average Bonchev–Trinajstić information content (AvgIpc) is 1.85. The lowest BCUT2D eigenvalue weighted by atomic mass is 10.0. The molecular formula is C7H11F3Si. The Bertz CT molecular complexity index is 160. The van der Waals surface area contributed by atoms with Gasteiger partial charge in [0.05, 0.1) is 6.04 Å². The Balaban J connectivity index is 2.42. The van der Waals surface area contributed by atoms with Gasteiger partial charge < -0.3 is 0 Å². The first kappa shape index (κ1) is 8.84. The summed E-state index contributed by atoms with van der Waals surface area (Å²) in [5.41, 5.74) is 0.635. The van der Waals surface area contributed by atoms with Crippen LogP contribution in [-0.4, -0.2) is 9.08 Å². The van der Waals surface area contributed by atoms with Crippen LogP contribution in [0.4, 0.5) is 12.3 Å². The second-order valence-corrected chi connectivity index (χ2v) is 4.48. The molecule has 0 aromatic carbocycles. The zero-order valence-corrected chi connectivity index (χ0v) is 7.25. The predicted molar refractivity (Wildman–Crippen MR) is 40.4 cm³/mol. The van der Waals surface area contributed by atoms with Gasteiger partial charge in [0.1, 0.15) is 0 Å². The molecule has 1 aliphatic rings. The van der Waals surface area contributed by atoms with Crippen molar-refractivity contribution in [1.29, 1.82) is 0 Å². The van der Waals surface area contributed by atoms with Crippen LogP contribution in [0.15, 0.2) is 11.6 Å². The minimum Gasteiger partial charge on any atom is -0.237 e. The molecule has 0 N–H and O–H groups in total. The maximum Gasteiger partial charge on any atom is 0.620 e. The van der Waals surface area contributed by atoms with Crippen LogP contribution in [0.25, 0.3) is 0 Å². The quantitative estimate of drug-likeness (QED) is 0.347. The van der Waals surface area contributed by atoms with E-state index < -0.39 is 15.1 Å². The molecule has 1 aliphatic carbocycles. The molecule has 0 atom stereocenters. The molecule has 11 heavy (non-hydrogen) atoms. The lowest BCUT2D eigenvalue weighted by Crippen LogP contribution is -2.15. The van der Waals surface area contributed by atoms with Gasteiger partial charge in [-0.05, 0) is 25.7 Å². The van der Waals surface area contributed by atoms with Gasteiger partial charge in [0.15, 0.2) is 0 Å². The molecule has 0 aliphatic heterocycles. The average molecular weight is 180 g/mol. The highest BCUT2D eigenvalue weighted by Crippen LogP contribution is 2.27. The maximum atomic E-state index is 11.9. The zero-order chi connectivity index (χ0) is 8.32. The largest absolute Gasteiger partial charge is 0.620 e. The maximum absolute atomic E-state index is 11.9. The van der Waals surface area contributed by atoms with E-state index in [1.807, 2.05) is 0 Å². The van der Waals surface area contributed by atoms with E-state index in [0.29, 0.717) is 12.0 Å². The van der Waals surface area contributed by atoms with Crippen LogP contribution in [0, 0.1) is 0 Å². The zero-order valence-electron chi connectivity index (χ0n) is 6.25. The van der Waals surface area contributed by atoms with Gasteiger partial charge in [-0.15, -0.1) is 0 Å². The van der Waals surface area contributed by atoms with Crippen molar-refractivity contribution >= 4 is 9.08 Å². The first-order valence-corrected chi connectivity index (χ1v) is 5.67. The number of rotatable bonds is 2. The van der Waals surface area contributed by atoms with Crippen molar-refractivity contribution in [1.82, 2.24) is 0 Å². The fourth-order valence-electron chi connectivity index (χ4n) is 1.32. The van der Waals surface area contributed by atoms with Crippen molar-refractivity contribution in [2.75, 3.05) is 0 Å². The lowest BCUT2D eigenvalue weighted by molar-refractivity contribution is 0.472. The summed E-state index contributed by atoms with van der Waals surface area (Å²) in [6.45, 7) is 0. The molecule has 64 valence electrons. The van der Waals surface area contributed by atoms with E-state index >= 15 is 0 Å². The number of hydrogen-bond donors (Lipinski definition) is 0. The summed E-state index contributed by atoms with van der Waals surface area (Å²) in [7, 11) is -5.31. The molecule has 0 saturated heterocycles. The van der Waals surface area contributed by atoms with Crippen LogP contribution in [0.2, 0.25) is 6.04 Å². The number of halogens is 3. The van der Waals surface area contributed by atoms with Crippen molar-refractivity contribution in [2.45, 2.75) is 31.7 Å². The molecule has 0 spiro atoms. The Morgan fingerprint density at radius 2 is 2.00 bits per heavy atom. The molecule has 0 bridgehead atoms. The van der Waals surface area contributed by atoms with Gasteiger partial charge in [0.2, 0.25) is 0 Å². The Labute approximate surface area is 65.6 Å². The van der Waals surface area contributed by atoms with Gasteiger partial charge in [-0.2, -0.15) is 0 Å². The van der Waals surface area contributed by atoms with E-state index in [9.17, 15) is 12.3 Å². The van der Waals surface area contributed by atoms with Crippen molar-refractivity contribution in [3.05, 3.63) is 11.6 Å². The minimum atomic E-state index is -5.31. The van der Waals surface area contributed by atoms with E-state index in [-0.39, 0.29) is 0 Å². The van der Waals surface area contributed by atoms with Crippen molar-refractivity contribution < 1.29 is 12.3 Å². The fraction of sp³-hybridized carbons (Fsp3) is 0.714. The van der Waals surface area contributed by atoms with Crippen molar-refractivity contribution in [3.63, 3.8) is 0 Å². The molecule has 0 amide bonds. The number of allylic oxidation sites excluding steroid dienone is 2. The molecule has 4 heteroatoms. The van der Waals surface area contributed by atoms with Gasteiger partial charge in [-0.1, -0.05) is 11.6 Å². The first-order valence-electron chi connectivity index (χ1n) is 3.82. The van der Waals surface area contributed by atoms with Gasteiger partial charge >= 0.3 is 9.08 Å². The topological polar surface area (TPSA) is 0 Å². The van der Waals surface area contributed by atoms with E-state index in [0.717, 1.165) is 19.3 Å². The molecule has 0 fully saturated rings. The number of hydrogen-bond acceptors (Lipinski definition) is 0. The molecular weight excluding hydrogens is 169 g/mol. The van der Waals surface area contributed by atoms with Gasteiger partial charge in [-0.3, -0.25) is 0 Å². The highest BCUT2D eigenvalue weighted by molar-refractivity contribution is 6.59. The van der Waals surface area contributed by atoms with Crippen LogP contribution in [0.1, 0.15) is 25.7 Å². The van der Waals surface area contributed by atoms with E-state index in [1.54, 1.807) is 6.08 Å². The van der Waals surface area contributed by atoms with Gasteiger partial charge in [0, 0.05) is 0 Å². The molecule has 0 aromatic heterocycles. The summed E-state index contributed by atoms with van der Waals surface area (Å²) >= 11 is 0. The Kier molecular flexibility index (Phi) is 2.76. The minimum absolute atomic E-state index is 0.562. The van der Waals surface area contributed by atoms with Crippen LogP contribution < -0.4 is 0 Å². The van der Waals surface area contributed by atoms with Gasteiger partial charge in [0.25, 0.3) is 0 Å². The third-order valence-corrected chi connectivity index (χ3v) is 2.67. The SMILES string of the molecule is F[Si](F)(F)CC1=CCCCC1. The molecule has 1 rings (SSSR count). The van der Waals surface area contributed by atoms with Gasteiger partial charge in [-0.25, -0.2) is 12.3 Å². The third kappa shape index (κ3) is 3.60. The monoisotopic (exact) mass is 180 g/mol. The lowest BCUT2D eigenvalue weighted by Gasteiger charge is -2.12. The smallest absolute Gasteiger partial charge is 0.237 e. The van der Waals surface area contributed by atoms with Crippen molar-refractivity contribution in [3.8, 4) is 0 Å². The molecule has 0 radical (unpaired) electrons.